The zero-order valence-corrected chi connectivity index (χ0v) is 15.8. The van der Waals surface area contributed by atoms with Crippen molar-refractivity contribution in [3.05, 3.63) is 41.3 Å². The maximum absolute atomic E-state index is 10.9. The lowest BCUT2D eigenvalue weighted by molar-refractivity contribution is 0.140. The van der Waals surface area contributed by atoms with Gasteiger partial charge in [-0.2, -0.15) is 0 Å². The van der Waals surface area contributed by atoms with E-state index in [1.54, 1.807) is 0 Å². The van der Waals surface area contributed by atoms with Crippen LogP contribution in [0.4, 0.5) is 0 Å². The molecule has 0 aliphatic rings. The first-order valence-corrected chi connectivity index (χ1v) is 8.60. The minimum absolute atomic E-state index is 0.159. The number of nitrogens with one attached hydrogen (secondary N) is 1. The van der Waals surface area contributed by atoms with Gasteiger partial charge in [0.05, 0.1) is 23.1 Å². The van der Waals surface area contributed by atoms with Gasteiger partial charge in [0.2, 0.25) is 0 Å². The largest absolute Gasteiger partial charge is 0.387 e. The van der Waals surface area contributed by atoms with Crippen LogP contribution < -0.4 is 0 Å². The molecule has 0 saturated heterocycles. The van der Waals surface area contributed by atoms with Crippen LogP contribution in [0.25, 0.3) is 22.2 Å². The Balaban J connectivity index is 2.29. The molecule has 2 heterocycles. The number of hydrogen-bond acceptors (Lipinski definition) is 4. The molecule has 25 heavy (non-hydrogen) atoms. The summed E-state index contributed by atoms with van der Waals surface area (Å²) in [4.78, 5) is 5.48. The monoisotopic (exact) mass is 341 g/mol. The van der Waals surface area contributed by atoms with Gasteiger partial charge in [0.1, 0.15) is 5.76 Å². The predicted octanol–water partition coefficient (Wildman–Crippen LogP) is 4.02. The fourth-order valence-electron chi connectivity index (χ4n) is 3.32. The minimum atomic E-state index is -0.608. The smallest absolute Gasteiger partial charge is 0.143 e. The van der Waals surface area contributed by atoms with Crippen LogP contribution in [0.1, 0.15) is 43.9 Å². The van der Waals surface area contributed by atoms with Gasteiger partial charge in [-0.05, 0) is 27.1 Å². The normalized spacial score (nSPS) is 13.8. The summed E-state index contributed by atoms with van der Waals surface area (Å²) in [5.74, 6) is 0.759. The number of fused-ring (bicyclic) bond motifs is 1. The van der Waals surface area contributed by atoms with E-state index < -0.39 is 6.10 Å². The SMILES string of the molecule is Cc1onc(C(C)(C)C)c1-c1[nH]c2ccccc2c1C(O)CN(C)C. The number of para-hydroxylation sites is 1. The fraction of sp³-hybridized carbons (Fsp3) is 0.450. The first kappa shape index (κ1) is 17.7. The molecule has 1 unspecified atom stereocenters. The molecule has 2 aromatic heterocycles. The molecule has 0 fully saturated rings. The molecule has 0 spiro atoms. The molecule has 0 bridgehead atoms. The number of aliphatic hydroxyl groups excluding tert-OH is 1. The Kier molecular flexibility index (Phi) is 4.47. The summed E-state index contributed by atoms with van der Waals surface area (Å²) in [6.45, 7) is 8.82. The lowest BCUT2D eigenvalue weighted by Gasteiger charge is -2.20. The standard InChI is InChI=1S/C20H27N3O2/c1-12-16(19(22-25-12)20(2,3)4)18-17(15(24)11-23(5)6)13-9-7-8-10-14(13)21-18/h7-10,15,21,24H,11H2,1-6H3. The Morgan fingerprint density at radius 2 is 1.92 bits per heavy atom. The zero-order chi connectivity index (χ0) is 18.4. The van der Waals surface area contributed by atoms with Gasteiger partial charge in [-0.25, -0.2) is 0 Å². The molecule has 0 amide bonds. The summed E-state index contributed by atoms with van der Waals surface area (Å²) in [5, 5.41) is 16.3. The van der Waals surface area contributed by atoms with Gasteiger partial charge < -0.3 is 19.5 Å². The number of likely N-dealkylation sites (N-methyl/N-ethyl adjacent to an activating group) is 1. The van der Waals surface area contributed by atoms with Crippen molar-refractivity contribution in [1.82, 2.24) is 15.0 Å². The van der Waals surface area contributed by atoms with Crippen molar-refractivity contribution in [2.45, 2.75) is 39.2 Å². The zero-order valence-electron chi connectivity index (χ0n) is 15.8. The molecule has 134 valence electrons. The number of aromatic nitrogens is 2. The second kappa shape index (κ2) is 6.32. The van der Waals surface area contributed by atoms with Crippen LogP contribution in [0.3, 0.4) is 0 Å². The quantitative estimate of drug-likeness (QED) is 0.752. The topological polar surface area (TPSA) is 65.3 Å². The number of benzene rings is 1. The van der Waals surface area contributed by atoms with E-state index in [0.717, 1.165) is 39.2 Å². The third-order valence-corrected chi connectivity index (χ3v) is 4.44. The highest BCUT2D eigenvalue weighted by Crippen LogP contribution is 2.41. The second-order valence-corrected chi connectivity index (χ2v) is 7.95. The Labute approximate surface area is 148 Å². The molecule has 5 heteroatoms. The molecule has 5 nitrogen and oxygen atoms in total. The lowest BCUT2D eigenvalue weighted by Crippen LogP contribution is -2.20. The summed E-state index contributed by atoms with van der Waals surface area (Å²) in [6.07, 6.45) is -0.608. The third-order valence-electron chi connectivity index (χ3n) is 4.44. The summed E-state index contributed by atoms with van der Waals surface area (Å²) in [5.41, 5.74) is 4.51. The van der Waals surface area contributed by atoms with Gasteiger partial charge in [-0.1, -0.05) is 44.1 Å². The van der Waals surface area contributed by atoms with E-state index in [0.29, 0.717) is 6.54 Å². The van der Waals surface area contributed by atoms with Crippen molar-refractivity contribution in [3.63, 3.8) is 0 Å². The van der Waals surface area contributed by atoms with Crippen LogP contribution in [-0.2, 0) is 5.41 Å². The van der Waals surface area contributed by atoms with E-state index in [9.17, 15) is 5.11 Å². The van der Waals surface area contributed by atoms with Gasteiger partial charge in [-0.3, -0.25) is 0 Å². The molecular weight excluding hydrogens is 314 g/mol. The van der Waals surface area contributed by atoms with E-state index in [1.807, 2.05) is 50.2 Å². The molecular formula is C20H27N3O2. The molecule has 1 atom stereocenters. The van der Waals surface area contributed by atoms with E-state index in [1.165, 1.54) is 0 Å². The molecule has 0 saturated carbocycles. The van der Waals surface area contributed by atoms with Crippen LogP contribution in [0.15, 0.2) is 28.8 Å². The third kappa shape index (κ3) is 3.22. The average molecular weight is 341 g/mol. The van der Waals surface area contributed by atoms with Crippen molar-refractivity contribution in [3.8, 4) is 11.3 Å². The Hall–Kier alpha value is -2.11. The summed E-state index contributed by atoms with van der Waals surface area (Å²) < 4.78 is 5.53. The van der Waals surface area contributed by atoms with E-state index in [-0.39, 0.29) is 5.41 Å². The predicted molar refractivity (Wildman–Crippen MR) is 101 cm³/mol. The molecule has 3 aromatic rings. The van der Waals surface area contributed by atoms with Crippen molar-refractivity contribution in [2.24, 2.45) is 0 Å². The summed E-state index contributed by atoms with van der Waals surface area (Å²) in [7, 11) is 3.92. The van der Waals surface area contributed by atoms with Gasteiger partial charge >= 0.3 is 0 Å². The molecule has 3 rings (SSSR count). The minimum Gasteiger partial charge on any atom is -0.387 e. The number of hydrogen-bond donors (Lipinski definition) is 2. The Morgan fingerprint density at radius 3 is 2.56 bits per heavy atom. The highest BCUT2D eigenvalue weighted by Gasteiger charge is 2.30. The van der Waals surface area contributed by atoms with Gasteiger partial charge in [0.25, 0.3) is 0 Å². The van der Waals surface area contributed by atoms with Gasteiger partial charge in [-0.15, -0.1) is 0 Å². The van der Waals surface area contributed by atoms with Crippen molar-refractivity contribution in [1.29, 1.82) is 0 Å². The summed E-state index contributed by atoms with van der Waals surface area (Å²) >= 11 is 0. The Morgan fingerprint density at radius 1 is 1.24 bits per heavy atom. The average Bonchev–Trinajstić information content (AvgIpc) is 3.05. The number of aromatic amines is 1. The molecule has 0 aliphatic carbocycles. The van der Waals surface area contributed by atoms with Crippen LogP contribution in [0.2, 0.25) is 0 Å². The number of aliphatic hydroxyl groups is 1. The first-order valence-electron chi connectivity index (χ1n) is 8.60. The molecule has 0 aliphatic heterocycles. The van der Waals surface area contributed by atoms with E-state index >= 15 is 0 Å². The van der Waals surface area contributed by atoms with Crippen LogP contribution in [0.5, 0.6) is 0 Å². The number of nitrogens with zero attached hydrogens (tertiary/aromatic N) is 2. The van der Waals surface area contributed by atoms with Crippen molar-refractivity contribution < 1.29 is 9.63 Å². The number of aryl methyl sites for hydroxylation is 1. The number of rotatable bonds is 4. The van der Waals surface area contributed by atoms with E-state index in [2.05, 4.69) is 30.9 Å². The van der Waals surface area contributed by atoms with Crippen molar-refractivity contribution >= 4 is 10.9 Å². The summed E-state index contributed by atoms with van der Waals surface area (Å²) in [6, 6.07) is 8.07. The van der Waals surface area contributed by atoms with Crippen LogP contribution in [-0.4, -0.2) is 40.8 Å². The van der Waals surface area contributed by atoms with Gasteiger partial charge in [0, 0.05) is 28.4 Å². The molecule has 0 radical (unpaired) electrons. The highest BCUT2D eigenvalue weighted by atomic mass is 16.5. The maximum Gasteiger partial charge on any atom is 0.143 e. The lowest BCUT2D eigenvalue weighted by atomic mass is 9.86. The fourth-order valence-corrected chi connectivity index (χ4v) is 3.32. The van der Waals surface area contributed by atoms with E-state index in [4.69, 9.17) is 4.52 Å². The number of H-pyrrole nitrogens is 1. The van der Waals surface area contributed by atoms with Crippen LogP contribution in [0, 0.1) is 6.92 Å². The maximum atomic E-state index is 10.9. The van der Waals surface area contributed by atoms with Gasteiger partial charge in [0.15, 0.2) is 0 Å². The van der Waals surface area contributed by atoms with Crippen LogP contribution >= 0.6 is 0 Å². The molecule has 1 aromatic carbocycles. The molecule has 2 N–H and O–H groups in total. The Bertz CT molecular complexity index is 884. The van der Waals surface area contributed by atoms with Crippen molar-refractivity contribution in [2.75, 3.05) is 20.6 Å². The first-order chi connectivity index (χ1) is 11.7. The highest BCUT2D eigenvalue weighted by molar-refractivity contribution is 5.92. The second-order valence-electron chi connectivity index (χ2n) is 7.95.